The fourth-order valence-corrected chi connectivity index (χ4v) is 5.05. The predicted octanol–water partition coefficient (Wildman–Crippen LogP) is 5.32. The molecule has 35 heavy (non-hydrogen) atoms. The van der Waals surface area contributed by atoms with Crippen LogP contribution in [0.5, 0.6) is 5.75 Å². The highest BCUT2D eigenvalue weighted by Crippen LogP contribution is 2.45. The van der Waals surface area contributed by atoms with Gasteiger partial charge in [-0.1, -0.05) is 41.9 Å². The summed E-state index contributed by atoms with van der Waals surface area (Å²) in [5.74, 6) is 1.65. The molecule has 0 saturated heterocycles. The number of para-hydroxylation sites is 1. The molecule has 4 aromatic rings. The van der Waals surface area contributed by atoms with Crippen molar-refractivity contribution in [1.29, 1.82) is 0 Å². The van der Waals surface area contributed by atoms with Crippen LogP contribution in [0.25, 0.3) is 5.95 Å². The number of benzene rings is 2. The van der Waals surface area contributed by atoms with Crippen molar-refractivity contribution in [2.45, 2.75) is 39.7 Å². The predicted molar refractivity (Wildman–Crippen MR) is 135 cm³/mol. The first-order valence-corrected chi connectivity index (χ1v) is 11.8. The van der Waals surface area contributed by atoms with E-state index in [0.717, 1.165) is 39.5 Å². The zero-order valence-electron chi connectivity index (χ0n) is 20.1. The number of methoxy groups -OCH3 is 1. The fraction of sp³-hybridized carbons (Fsp3) is 0.259. The summed E-state index contributed by atoms with van der Waals surface area (Å²) in [6, 6.07) is 17.3. The lowest BCUT2D eigenvalue weighted by molar-refractivity contribution is -0.119. The molecular formula is C27H26ClN5O2. The maximum absolute atomic E-state index is 13.7. The third-order valence-electron chi connectivity index (χ3n) is 6.27. The number of anilines is 1. The van der Waals surface area contributed by atoms with Gasteiger partial charge in [0.1, 0.15) is 11.6 Å². The lowest BCUT2D eigenvalue weighted by atomic mass is 9.84. The molecule has 0 unspecified atom stereocenters. The van der Waals surface area contributed by atoms with Crippen LogP contribution in [0.3, 0.4) is 0 Å². The molecule has 1 aliphatic heterocycles. The number of carbonyl (C=O) groups excluding carboxylic acids is 1. The molecule has 0 aliphatic carbocycles. The number of ether oxygens (including phenoxy) is 1. The van der Waals surface area contributed by atoms with E-state index < -0.39 is 0 Å². The average molecular weight is 488 g/mol. The lowest BCUT2D eigenvalue weighted by Gasteiger charge is -2.33. The van der Waals surface area contributed by atoms with Crippen LogP contribution in [0.1, 0.15) is 46.1 Å². The second-order valence-corrected chi connectivity index (χ2v) is 9.23. The van der Waals surface area contributed by atoms with E-state index in [0.29, 0.717) is 29.8 Å². The normalized spacial score (nSPS) is 15.3. The van der Waals surface area contributed by atoms with E-state index in [1.54, 1.807) is 16.7 Å². The van der Waals surface area contributed by atoms with Crippen molar-refractivity contribution in [3.05, 3.63) is 93.4 Å². The molecule has 3 heterocycles. The summed E-state index contributed by atoms with van der Waals surface area (Å²) in [7, 11) is 1.65. The molecule has 1 amide bonds. The van der Waals surface area contributed by atoms with Gasteiger partial charge >= 0.3 is 0 Å². The molecule has 0 spiro atoms. The number of rotatable bonds is 5. The molecule has 0 radical (unpaired) electrons. The van der Waals surface area contributed by atoms with Crippen LogP contribution in [-0.4, -0.2) is 32.8 Å². The van der Waals surface area contributed by atoms with Crippen molar-refractivity contribution in [2.24, 2.45) is 0 Å². The van der Waals surface area contributed by atoms with Crippen LogP contribution < -0.4 is 9.64 Å². The zero-order chi connectivity index (χ0) is 24.7. The van der Waals surface area contributed by atoms with Crippen LogP contribution in [0.15, 0.2) is 54.6 Å². The van der Waals surface area contributed by atoms with Crippen LogP contribution in [0.2, 0.25) is 5.02 Å². The van der Waals surface area contributed by atoms with E-state index in [-0.39, 0.29) is 11.8 Å². The summed E-state index contributed by atoms with van der Waals surface area (Å²) in [4.78, 5) is 24.8. The van der Waals surface area contributed by atoms with Gasteiger partial charge in [0.15, 0.2) is 0 Å². The van der Waals surface area contributed by atoms with E-state index in [1.165, 1.54) is 0 Å². The van der Waals surface area contributed by atoms with Gasteiger partial charge in [-0.3, -0.25) is 9.69 Å². The number of aromatic nitrogens is 4. The number of amides is 1. The van der Waals surface area contributed by atoms with Crippen molar-refractivity contribution >= 4 is 23.3 Å². The Balaban J connectivity index is 1.73. The van der Waals surface area contributed by atoms with Crippen molar-refractivity contribution < 1.29 is 9.53 Å². The van der Waals surface area contributed by atoms with E-state index >= 15 is 0 Å². The van der Waals surface area contributed by atoms with Gasteiger partial charge in [0.05, 0.1) is 19.3 Å². The Morgan fingerprint density at radius 2 is 1.77 bits per heavy atom. The monoisotopic (exact) mass is 487 g/mol. The number of nitrogens with zero attached hydrogens (tertiary/aromatic N) is 5. The van der Waals surface area contributed by atoms with Crippen LogP contribution >= 0.6 is 11.6 Å². The fourth-order valence-electron chi connectivity index (χ4n) is 4.84. The lowest BCUT2D eigenvalue weighted by Crippen LogP contribution is -2.38. The maximum atomic E-state index is 13.7. The van der Waals surface area contributed by atoms with Crippen LogP contribution in [-0.2, 0) is 11.3 Å². The van der Waals surface area contributed by atoms with E-state index in [2.05, 4.69) is 9.97 Å². The minimum atomic E-state index is -0.205. The second-order valence-electron chi connectivity index (χ2n) is 8.79. The molecular weight excluding hydrogens is 462 g/mol. The Bertz CT molecular complexity index is 1410. The summed E-state index contributed by atoms with van der Waals surface area (Å²) in [6.07, 6.45) is 0.300. The maximum Gasteiger partial charge on any atom is 0.252 e. The smallest absolute Gasteiger partial charge is 0.252 e. The van der Waals surface area contributed by atoms with Gasteiger partial charge in [-0.25, -0.2) is 9.97 Å². The number of hydrogen-bond acceptors (Lipinski definition) is 5. The van der Waals surface area contributed by atoms with Crippen molar-refractivity contribution in [1.82, 2.24) is 19.7 Å². The van der Waals surface area contributed by atoms with Gasteiger partial charge in [-0.05, 0) is 50.6 Å². The largest absolute Gasteiger partial charge is 0.496 e. The first kappa shape index (κ1) is 23.1. The minimum Gasteiger partial charge on any atom is -0.496 e. The molecule has 2 aromatic carbocycles. The molecule has 7 nitrogen and oxygen atoms in total. The van der Waals surface area contributed by atoms with Crippen molar-refractivity contribution in [3.8, 4) is 11.7 Å². The van der Waals surface area contributed by atoms with Crippen molar-refractivity contribution in [2.75, 3.05) is 12.0 Å². The molecule has 178 valence electrons. The summed E-state index contributed by atoms with van der Waals surface area (Å²) < 4.78 is 7.36. The number of carbonyl (C=O) groups is 1. The molecule has 0 fully saturated rings. The van der Waals surface area contributed by atoms with Gasteiger partial charge in [-0.15, -0.1) is 0 Å². The highest BCUT2D eigenvalue weighted by Gasteiger charge is 2.39. The Labute approximate surface area is 209 Å². The zero-order valence-corrected chi connectivity index (χ0v) is 20.9. The molecule has 2 aromatic heterocycles. The SMILES string of the molecule is COc1ccccc1[C@@H]1CC(=O)N(Cc2cccc(Cl)c2)c2c1c(C)nn2-c1nc(C)cc(C)n1. The highest BCUT2D eigenvalue weighted by molar-refractivity contribution is 6.30. The Hall–Kier alpha value is -3.71. The van der Waals surface area contributed by atoms with E-state index in [9.17, 15) is 4.79 Å². The van der Waals surface area contributed by atoms with Gasteiger partial charge in [0.2, 0.25) is 5.91 Å². The quantitative estimate of drug-likeness (QED) is 0.381. The Morgan fingerprint density at radius 1 is 1.03 bits per heavy atom. The molecule has 0 bridgehead atoms. The van der Waals surface area contributed by atoms with Crippen molar-refractivity contribution in [3.63, 3.8) is 0 Å². The number of aryl methyl sites for hydroxylation is 3. The van der Waals surface area contributed by atoms with Gasteiger partial charge in [0.25, 0.3) is 5.95 Å². The first-order valence-electron chi connectivity index (χ1n) is 11.5. The number of hydrogen-bond donors (Lipinski definition) is 0. The summed E-state index contributed by atoms with van der Waals surface area (Å²) in [5.41, 5.74) is 5.34. The molecule has 1 aliphatic rings. The van der Waals surface area contributed by atoms with Gasteiger partial charge in [0, 0.05) is 39.9 Å². The summed E-state index contributed by atoms with van der Waals surface area (Å²) in [5, 5.41) is 5.48. The third-order valence-corrected chi connectivity index (χ3v) is 6.50. The number of fused-ring (bicyclic) bond motifs is 1. The van der Waals surface area contributed by atoms with Gasteiger partial charge in [-0.2, -0.15) is 9.78 Å². The Morgan fingerprint density at radius 3 is 2.49 bits per heavy atom. The number of halogens is 1. The Kier molecular flexibility index (Phi) is 6.03. The first-order chi connectivity index (χ1) is 16.9. The molecule has 5 rings (SSSR count). The van der Waals surface area contributed by atoms with E-state index in [1.807, 2.05) is 75.4 Å². The molecule has 0 saturated carbocycles. The van der Waals surface area contributed by atoms with E-state index in [4.69, 9.17) is 21.4 Å². The van der Waals surface area contributed by atoms with Crippen LogP contribution in [0.4, 0.5) is 5.82 Å². The van der Waals surface area contributed by atoms with Gasteiger partial charge < -0.3 is 4.74 Å². The summed E-state index contributed by atoms with van der Waals surface area (Å²) in [6.45, 7) is 6.18. The summed E-state index contributed by atoms with van der Waals surface area (Å²) >= 11 is 6.25. The molecule has 1 atom stereocenters. The average Bonchev–Trinajstić information content (AvgIpc) is 3.17. The topological polar surface area (TPSA) is 73.1 Å². The van der Waals surface area contributed by atoms with Crippen LogP contribution in [0, 0.1) is 20.8 Å². The molecule has 8 heteroatoms. The highest BCUT2D eigenvalue weighted by atomic mass is 35.5. The standard InChI is InChI=1S/C27H26ClN5O2/c1-16-12-17(2)30-27(29-16)33-26-25(18(3)31-33)22(21-10-5-6-11-23(21)35-4)14-24(34)32(26)15-19-8-7-9-20(28)13-19/h5-13,22H,14-15H2,1-4H3/t22-/m0/s1. The third kappa shape index (κ3) is 4.28. The molecule has 0 N–H and O–H groups in total. The second kappa shape index (κ2) is 9.15. The minimum absolute atomic E-state index is 0.0149.